The number of nitrogens with zero attached hydrogens (tertiary/aromatic N) is 1. The van der Waals surface area contributed by atoms with Gasteiger partial charge < -0.3 is 4.90 Å². The molecule has 1 aliphatic carbocycles. The molecule has 0 spiro atoms. The maximum Gasteiger partial charge on any atom is 0.254 e. The minimum Gasteiger partial charge on any atom is -0.339 e. The van der Waals surface area contributed by atoms with Gasteiger partial charge in [-0.25, -0.2) is 0 Å². The number of hydrogen-bond acceptors (Lipinski definition) is 2. The van der Waals surface area contributed by atoms with Gasteiger partial charge in [0.25, 0.3) is 5.91 Å². The zero-order chi connectivity index (χ0) is 11.7. The molecule has 0 saturated carbocycles. The van der Waals surface area contributed by atoms with E-state index in [0.717, 1.165) is 25.1 Å². The zero-order valence-electron chi connectivity index (χ0n) is 10.2. The van der Waals surface area contributed by atoms with Crippen molar-refractivity contribution in [2.24, 2.45) is 0 Å². The van der Waals surface area contributed by atoms with E-state index < -0.39 is 0 Å². The highest BCUT2D eigenvalue weighted by atomic mass is 32.1. The summed E-state index contributed by atoms with van der Waals surface area (Å²) in [6.45, 7) is 1.92. The van der Waals surface area contributed by atoms with Crippen LogP contribution >= 0.6 is 11.3 Å². The molecule has 0 N–H and O–H groups in total. The van der Waals surface area contributed by atoms with Crippen LogP contribution in [0.25, 0.3) is 0 Å². The summed E-state index contributed by atoms with van der Waals surface area (Å²) in [6, 6.07) is 0. The molecule has 0 unspecified atom stereocenters. The first-order valence-electron chi connectivity index (χ1n) is 6.75. The molecule has 17 heavy (non-hydrogen) atoms. The number of rotatable bonds is 1. The van der Waals surface area contributed by atoms with Gasteiger partial charge in [-0.2, -0.15) is 0 Å². The fourth-order valence-electron chi connectivity index (χ4n) is 2.94. The monoisotopic (exact) mass is 249 g/mol. The van der Waals surface area contributed by atoms with E-state index in [1.165, 1.54) is 49.0 Å². The molecule has 1 saturated heterocycles. The molecule has 2 nitrogen and oxygen atoms in total. The lowest BCUT2D eigenvalue weighted by atomic mass is 10.1. The van der Waals surface area contributed by atoms with Crippen molar-refractivity contribution in [1.29, 1.82) is 0 Å². The summed E-state index contributed by atoms with van der Waals surface area (Å²) in [6.07, 6.45) is 8.53. The van der Waals surface area contributed by atoms with Crippen LogP contribution in [0.1, 0.15) is 52.9 Å². The molecule has 1 aromatic rings. The van der Waals surface area contributed by atoms with Crippen molar-refractivity contribution in [2.45, 2.75) is 44.9 Å². The van der Waals surface area contributed by atoms with Gasteiger partial charge in [-0.15, -0.1) is 11.3 Å². The minimum absolute atomic E-state index is 0.293. The molecular formula is C14H19NOS. The summed E-state index contributed by atoms with van der Waals surface area (Å²) in [7, 11) is 0. The van der Waals surface area contributed by atoms with Crippen LogP contribution in [0.4, 0.5) is 0 Å². The van der Waals surface area contributed by atoms with Crippen LogP contribution in [0.5, 0.6) is 0 Å². The van der Waals surface area contributed by atoms with E-state index in [2.05, 4.69) is 5.38 Å². The third-order valence-corrected chi connectivity index (χ3v) is 5.02. The Morgan fingerprint density at radius 2 is 1.82 bits per heavy atom. The number of carbonyl (C=O) groups is 1. The molecule has 0 atom stereocenters. The topological polar surface area (TPSA) is 20.3 Å². The first kappa shape index (κ1) is 11.3. The fraction of sp³-hybridized carbons (Fsp3) is 0.643. The van der Waals surface area contributed by atoms with Gasteiger partial charge in [-0.3, -0.25) is 4.79 Å². The molecule has 2 aliphatic rings. The number of hydrogen-bond donors (Lipinski definition) is 0. The van der Waals surface area contributed by atoms with Crippen LogP contribution in [-0.2, 0) is 12.8 Å². The highest BCUT2D eigenvalue weighted by Crippen LogP contribution is 2.30. The summed E-state index contributed by atoms with van der Waals surface area (Å²) in [5, 5.41) is 2.11. The van der Waals surface area contributed by atoms with E-state index in [0.29, 0.717) is 5.91 Å². The van der Waals surface area contributed by atoms with E-state index in [-0.39, 0.29) is 0 Å². The second-order valence-corrected chi connectivity index (χ2v) is 6.08. The maximum atomic E-state index is 12.4. The standard InChI is InChI=1S/C14H19NOS/c16-14(15-8-4-5-9-15)12-10-17-13-7-3-1-2-6-11(12)13/h10H,1-9H2. The van der Waals surface area contributed by atoms with Crippen molar-refractivity contribution in [3.05, 3.63) is 21.4 Å². The first-order chi connectivity index (χ1) is 8.36. The number of amides is 1. The summed E-state index contributed by atoms with van der Waals surface area (Å²) >= 11 is 1.80. The van der Waals surface area contributed by atoms with Gasteiger partial charge in [-0.05, 0) is 44.1 Å². The summed E-state index contributed by atoms with van der Waals surface area (Å²) in [5.74, 6) is 0.293. The van der Waals surface area contributed by atoms with Gasteiger partial charge in [0.2, 0.25) is 0 Å². The van der Waals surface area contributed by atoms with Crippen LogP contribution in [0.15, 0.2) is 5.38 Å². The van der Waals surface area contributed by atoms with Crippen LogP contribution in [0.3, 0.4) is 0 Å². The lowest BCUT2D eigenvalue weighted by molar-refractivity contribution is 0.0792. The van der Waals surface area contributed by atoms with Crippen LogP contribution in [0, 0.1) is 0 Å². The second kappa shape index (κ2) is 4.81. The number of aryl methyl sites for hydroxylation is 1. The minimum atomic E-state index is 0.293. The third-order valence-electron chi connectivity index (χ3n) is 3.94. The molecule has 1 amide bonds. The van der Waals surface area contributed by atoms with Gasteiger partial charge >= 0.3 is 0 Å². The number of carbonyl (C=O) groups excluding carboxylic acids is 1. The maximum absolute atomic E-state index is 12.4. The Balaban J connectivity index is 1.87. The third kappa shape index (κ3) is 2.13. The zero-order valence-corrected chi connectivity index (χ0v) is 11.0. The Morgan fingerprint density at radius 3 is 2.65 bits per heavy atom. The van der Waals surface area contributed by atoms with E-state index >= 15 is 0 Å². The van der Waals surface area contributed by atoms with Crippen molar-refractivity contribution in [2.75, 3.05) is 13.1 Å². The number of likely N-dealkylation sites (tertiary alicyclic amines) is 1. The molecule has 3 heteroatoms. The molecular weight excluding hydrogens is 230 g/mol. The molecule has 1 aromatic heterocycles. The molecule has 2 heterocycles. The average molecular weight is 249 g/mol. The van der Waals surface area contributed by atoms with Gasteiger partial charge in [0.1, 0.15) is 0 Å². The SMILES string of the molecule is O=C(c1csc2c1CCCCC2)N1CCCC1. The summed E-state index contributed by atoms with van der Waals surface area (Å²) < 4.78 is 0. The lowest BCUT2D eigenvalue weighted by Crippen LogP contribution is -2.28. The highest BCUT2D eigenvalue weighted by molar-refractivity contribution is 7.10. The Bertz CT molecular complexity index is 418. The molecule has 0 bridgehead atoms. The Morgan fingerprint density at radius 1 is 1.06 bits per heavy atom. The Hall–Kier alpha value is -0.830. The van der Waals surface area contributed by atoms with E-state index in [1.807, 2.05) is 4.90 Å². The van der Waals surface area contributed by atoms with Gasteiger partial charge in [0.05, 0.1) is 5.56 Å². The van der Waals surface area contributed by atoms with Crippen LogP contribution in [-0.4, -0.2) is 23.9 Å². The predicted octanol–water partition coefficient (Wildman–Crippen LogP) is 3.25. The van der Waals surface area contributed by atoms with E-state index in [9.17, 15) is 4.79 Å². The molecule has 1 aliphatic heterocycles. The lowest BCUT2D eigenvalue weighted by Gasteiger charge is -2.15. The number of fused-ring (bicyclic) bond motifs is 1. The molecule has 3 rings (SSSR count). The average Bonchev–Trinajstić information content (AvgIpc) is 2.94. The molecule has 0 aromatic carbocycles. The predicted molar refractivity (Wildman–Crippen MR) is 70.7 cm³/mol. The van der Waals surface area contributed by atoms with Crippen molar-refractivity contribution in [3.63, 3.8) is 0 Å². The van der Waals surface area contributed by atoms with Crippen molar-refractivity contribution < 1.29 is 4.79 Å². The first-order valence-corrected chi connectivity index (χ1v) is 7.63. The normalized spacial score (nSPS) is 20.1. The largest absolute Gasteiger partial charge is 0.339 e. The molecule has 0 radical (unpaired) electrons. The van der Waals surface area contributed by atoms with Crippen LogP contribution in [0.2, 0.25) is 0 Å². The molecule has 92 valence electrons. The fourth-order valence-corrected chi connectivity index (χ4v) is 4.06. The molecule has 1 fully saturated rings. The van der Waals surface area contributed by atoms with Crippen molar-refractivity contribution in [3.8, 4) is 0 Å². The van der Waals surface area contributed by atoms with Crippen LogP contribution < -0.4 is 0 Å². The summed E-state index contributed by atoms with van der Waals surface area (Å²) in [4.78, 5) is 15.9. The van der Waals surface area contributed by atoms with Gasteiger partial charge in [-0.1, -0.05) is 6.42 Å². The van der Waals surface area contributed by atoms with Gasteiger partial charge in [0.15, 0.2) is 0 Å². The smallest absolute Gasteiger partial charge is 0.254 e. The summed E-state index contributed by atoms with van der Waals surface area (Å²) in [5.41, 5.74) is 2.40. The Kier molecular flexibility index (Phi) is 3.19. The van der Waals surface area contributed by atoms with Crippen molar-refractivity contribution >= 4 is 17.2 Å². The van der Waals surface area contributed by atoms with Gasteiger partial charge in [0, 0.05) is 23.3 Å². The van der Waals surface area contributed by atoms with E-state index in [1.54, 1.807) is 11.3 Å². The highest BCUT2D eigenvalue weighted by Gasteiger charge is 2.24. The van der Waals surface area contributed by atoms with E-state index in [4.69, 9.17) is 0 Å². The number of thiophene rings is 1. The second-order valence-electron chi connectivity index (χ2n) is 5.11. The Labute approximate surface area is 107 Å². The van der Waals surface area contributed by atoms with Crippen molar-refractivity contribution in [1.82, 2.24) is 4.90 Å². The quantitative estimate of drug-likeness (QED) is 0.700.